The van der Waals surface area contributed by atoms with Crippen molar-refractivity contribution < 1.29 is 0 Å². The molecule has 1 aromatic rings. The molecule has 114 valence electrons. The first-order chi connectivity index (χ1) is 9.49. The average molecular weight is 297 g/mol. The average Bonchev–Trinajstić information content (AvgIpc) is 2.39. The summed E-state index contributed by atoms with van der Waals surface area (Å²) in [5, 5.41) is 0.816. The number of hydrogen-bond acceptors (Lipinski definition) is 2. The molecule has 0 aromatic heterocycles. The van der Waals surface area contributed by atoms with Crippen LogP contribution in [0.15, 0.2) is 24.3 Å². The molecule has 2 atom stereocenters. The summed E-state index contributed by atoms with van der Waals surface area (Å²) in [6.45, 7) is 9.85. The third kappa shape index (κ3) is 4.76. The smallest absolute Gasteiger partial charge is 0.0513 e. The van der Waals surface area contributed by atoms with Crippen LogP contribution in [0.1, 0.15) is 58.6 Å². The quantitative estimate of drug-likeness (QED) is 0.709. The van der Waals surface area contributed by atoms with E-state index in [1.54, 1.807) is 0 Å². The van der Waals surface area contributed by atoms with Crippen molar-refractivity contribution in [1.82, 2.24) is 4.90 Å². The number of nitrogens with zero attached hydrogens (tertiary/aromatic N) is 1. The van der Waals surface area contributed by atoms with Crippen molar-refractivity contribution in [3.8, 4) is 0 Å². The Morgan fingerprint density at radius 2 is 1.80 bits per heavy atom. The predicted octanol–water partition coefficient (Wildman–Crippen LogP) is 4.63. The summed E-state index contributed by atoms with van der Waals surface area (Å²) < 4.78 is 0. The molecule has 0 aliphatic heterocycles. The Balaban J connectivity index is 2.99. The molecule has 0 bridgehead atoms. The lowest BCUT2D eigenvalue weighted by molar-refractivity contribution is 0.133. The van der Waals surface area contributed by atoms with Crippen LogP contribution in [-0.2, 0) is 0 Å². The fourth-order valence-corrected chi connectivity index (χ4v) is 2.99. The van der Waals surface area contributed by atoms with Gasteiger partial charge in [0.05, 0.1) is 6.04 Å². The molecule has 20 heavy (non-hydrogen) atoms. The van der Waals surface area contributed by atoms with E-state index in [0.717, 1.165) is 17.1 Å². The van der Waals surface area contributed by atoms with E-state index in [-0.39, 0.29) is 12.1 Å². The van der Waals surface area contributed by atoms with Gasteiger partial charge in [-0.05, 0) is 45.4 Å². The Labute approximate surface area is 129 Å². The number of benzene rings is 1. The Morgan fingerprint density at radius 3 is 2.30 bits per heavy atom. The molecule has 2 nitrogen and oxygen atoms in total. The van der Waals surface area contributed by atoms with Crippen LogP contribution in [0.2, 0.25) is 5.02 Å². The monoisotopic (exact) mass is 296 g/mol. The van der Waals surface area contributed by atoms with Gasteiger partial charge in [0, 0.05) is 17.1 Å². The highest BCUT2D eigenvalue weighted by Gasteiger charge is 2.27. The van der Waals surface area contributed by atoms with Crippen molar-refractivity contribution in [2.24, 2.45) is 5.73 Å². The third-order valence-corrected chi connectivity index (χ3v) is 4.11. The van der Waals surface area contributed by atoms with Crippen LogP contribution < -0.4 is 5.73 Å². The number of unbranched alkanes of at least 4 members (excludes halogenated alkanes) is 2. The maximum atomic E-state index is 6.39. The summed E-state index contributed by atoms with van der Waals surface area (Å²) in [5.41, 5.74) is 7.43. The zero-order valence-corrected chi connectivity index (χ0v) is 14.0. The molecule has 0 saturated heterocycles. The molecule has 3 heteroatoms. The zero-order chi connectivity index (χ0) is 15.1. The van der Waals surface area contributed by atoms with Gasteiger partial charge in [0.2, 0.25) is 0 Å². The van der Waals surface area contributed by atoms with Gasteiger partial charge in [-0.25, -0.2) is 0 Å². The first-order valence-corrected chi connectivity index (χ1v) is 8.12. The molecule has 0 fully saturated rings. The summed E-state index contributed by atoms with van der Waals surface area (Å²) in [7, 11) is 0. The van der Waals surface area contributed by atoms with Crippen molar-refractivity contribution in [3.63, 3.8) is 0 Å². The minimum atomic E-state index is 0.0546. The SMILES string of the molecule is CCCCCN(C(C)C)C(c1ccccc1Cl)C(C)N. The van der Waals surface area contributed by atoms with Crippen LogP contribution in [0.5, 0.6) is 0 Å². The molecule has 0 aliphatic carbocycles. The zero-order valence-electron chi connectivity index (χ0n) is 13.3. The lowest BCUT2D eigenvalue weighted by atomic mass is 9.97. The Bertz CT molecular complexity index is 390. The summed E-state index contributed by atoms with van der Waals surface area (Å²) in [6, 6.07) is 8.77. The molecular formula is C17H29ClN2. The highest BCUT2D eigenvalue weighted by atomic mass is 35.5. The maximum Gasteiger partial charge on any atom is 0.0513 e. The molecule has 0 saturated carbocycles. The third-order valence-electron chi connectivity index (χ3n) is 3.76. The summed E-state index contributed by atoms with van der Waals surface area (Å²) in [6.07, 6.45) is 3.71. The van der Waals surface area contributed by atoms with Gasteiger partial charge < -0.3 is 5.73 Å². The van der Waals surface area contributed by atoms with Crippen molar-refractivity contribution in [3.05, 3.63) is 34.9 Å². The molecule has 0 spiro atoms. The van der Waals surface area contributed by atoms with Crippen molar-refractivity contribution in [2.45, 2.75) is 65.1 Å². The standard InChI is InChI=1S/C17H29ClN2/c1-5-6-9-12-20(13(2)3)17(14(4)19)15-10-7-8-11-16(15)18/h7-8,10-11,13-14,17H,5-6,9,12,19H2,1-4H3. The molecule has 2 N–H and O–H groups in total. The second-order valence-corrected chi connectivity index (χ2v) is 6.27. The van der Waals surface area contributed by atoms with Gasteiger partial charge in [-0.2, -0.15) is 0 Å². The maximum absolute atomic E-state index is 6.39. The van der Waals surface area contributed by atoms with Crippen LogP contribution in [0.3, 0.4) is 0 Å². The first-order valence-electron chi connectivity index (χ1n) is 7.74. The fourth-order valence-electron chi connectivity index (χ4n) is 2.74. The molecule has 0 amide bonds. The number of rotatable bonds is 8. The van der Waals surface area contributed by atoms with Gasteiger partial charge in [-0.1, -0.05) is 49.6 Å². The topological polar surface area (TPSA) is 29.3 Å². The van der Waals surface area contributed by atoms with Gasteiger partial charge in [0.15, 0.2) is 0 Å². The van der Waals surface area contributed by atoms with E-state index in [9.17, 15) is 0 Å². The minimum Gasteiger partial charge on any atom is -0.326 e. The summed E-state index contributed by atoms with van der Waals surface area (Å²) in [4.78, 5) is 2.49. The van der Waals surface area contributed by atoms with Gasteiger partial charge in [-0.15, -0.1) is 0 Å². The first kappa shape index (κ1) is 17.5. The van der Waals surface area contributed by atoms with E-state index in [2.05, 4.69) is 38.7 Å². The molecular weight excluding hydrogens is 268 g/mol. The molecule has 1 aromatic carbocycles. The lowest BCUT2D eigenvalue weighted by Gasteiger charge is -2.38. The molecule has 0 heterocycles. The number of hydrogen-bond donors (Lipinski definition) is 1. The molecule has 0 aliphatic rings. The predicted molar refractivity (Wildman–Crippen MR) is 89.2 cm³/mol. The van der Waals surface area contributed by atoms with Crippen molar-refractivity contribution >= 4 is 11.6 Å². The largest absolute Gasteiger partial charge is 0.326 e. The van der Waals surface area contributed by atoms with Gasteiger partial charge in [0.25, 0.3) is 0 Å². The molecule has 0 radical (unpaired) electrons. The van der Waals surface area contributed by atoms with E-state index in [1.807, 2.05) is 18.2 Å². The highest BCUT2D eigenvalue weighted by Crippen LogP contribution is 2.31. The molecule has 2 unspecified atom stereocenters. The van der Waals surface area contributed by atoms with E-state index in [1.165, 1.54) is 19.3 Å². The van der Waals surface area contributed by atoms with E-state index in [0.29, 0.717) is 6.04 Å². The van der Waals surface area contributed by atoms with Crippen molar-refractivity contribution in [2.75, 3.05) is 6.54 Å². The second-order valence-electron chi connectivity index (χ2n) is 5.86. The van der Waals surface area contributed by atoms with E-state index < -0.39 is 0 Å². The minimum absolute atomic E-state index is 0.0546. The lowest BCUT2D eigenvalue weighted by Crippen LogP contribution is -2.43. The summed E-state index contributed by atoms with van der Waals surface area (Å²) >= 11 is 6.39. The van der Waals surface area contributed by atoms with Crippen molar-refractivity contribution in [1.29, 1.82) is 0 Å². The van der Waals surface area contributed by atoms with E-state index >= 15 is 0 Å². The number of halogens is 1. The normalized spacial score (nSPS) is 14.8. The van der Waals surface area contributed by atoms with Gasteiger partial charge in [0.1, 0.15) is 0 Å². The fraction of sp³-hybridized carbons (Fsp3) is 0.647. The van der Waals surface area contributed by atoms with Gasteiger partial charge >= 0.3 is 0 Å². The van der Waals surface area contributed by atoms with Crippen LogP contribution in [0.25, 0.3) is 0 Å². The molecule has 1 rings (SSSR count). The Kier molecular flexibility index (Phi) is 7.57. The number of nitrogens with two attached hydrogens (primary N) is 1. The van der Waals surface area contributed by atoms with Gasteiger partial charge in [-0.3, -0.25) is 4.90 Å². The highest BCUT2D eigenvalue weighted by molar-refractivity contribution is 6.31. The second kappa shape index (κ2) is 8.66. The summed E-state index contributed by atoms with van der Waals surface area (Å²) in [5.74, 6) is 0. The van der Waals surface area contributed by atoms with Crippen LogP contribution in [-0.4, -0.2) is 23.5 Å². The van der Waals surface area contributed by atoms with E-state index in [4.69, 9.17) is 17.3 Å². The van der Waals surface area contributed by atoms with Crippen LogP contribution in [0, 0.1) is 0 Å². The van der Waals surface area contributed by atoms with Crippen LogP contribution >= 0.6 is 11.6 Å². The Hall–Kier alpha value is -0.570. The van der Waals surface area contributed by atoms with Crippen LogP contribution in [0.4, 0.5) is 0 Å². The Morgan fingerprint density at radius 1 is 1.15 bits per heavy atom.